The molecule has 1 rings (SSSR count). The van der Waals surface area contributed by atoms with E-state index in [1.165, 1.54) is 24.3 Å². The maximum absolute atomic E-state index is 3.27. The summed E-state index contributed by atoms with van der Waals surface area (Å²) in [5, 5.41) is 3.27. The highest BCUT2D eigenvalue weighted by atomic mass is 32.2. The summed E-state index contributed by atoms with van der Waals surface area (Å²) in [6, 6.07) is 1.54. The molecular formula is C10H22N2S. The molecule has 2 atom stereocenters. The smallest absolute Gasteiger partial charge is 0.0218 e. The number of nitrogens with one attached hydrogen (secondary N) is 1. The Hall–Kier alpha value is 0.270. The Bertz CT molecular complexity index is 135. The van der Waals surface area contributed by atoms with Crippen LogP contribution >= 0.6 is 11.8 Å². The molecule has 1 heterocycles. The van der Waals surface area contributed by atoms with Crippen molar-refractivity contribution < 1.29 is 0 Å². The number of likely N-dealkylation sites (N-methyl/N-ethyl adjacent to an activating group) is 2. The molecule has 0 saturated carbocycles. The lowest BCUT2D eigenvalue weighted by atomic mass is 10.1. The lowest BCUT2D eigenvalue weighted by molar-refractivity contribution is 0.180. The lowest BCUT2D eigenvalue weighted by Crippen LogP contribution is -2.44. The van der Waals surface area contributed by atoms with Crippen LogP contribution in [0.4, 0.5) is 0 Å². The Morgan fingerprint density at radius 1 is 1.62 bits per heavy atom. The maximum atomic E-state index is 3.27. The Labute approximate surface area is 86.5 Å². The molecule has 0 aliphatic carbocycles. The molecule has 0 aromatic carbocycles. The topological polar surface area (TPSA) is 15.3 Å². The Morgan fingerprint density at radius 3 is 2.85 bits per heavy atom. The fourth-order valence-electron chi connectivity index (χ4n) is 1.95. The summed E-state index contributed by atoms with van der Waals surface area (Å²) < 4.78 is 0. The summed E-state index contributed by atoms with van der Waals surface area (Å²) in [5.41, 5.74) is 0. The Kier molecular flexibility index (Phi) is 5.14. The first-order valence-electron chi connectivity index (χ1n) is 5.23. The van der Waals surface area contributed by atoms with Crippen LogP contribution in [-0.2, 0) is 0 Å². The fraction of sp³-hybridized carbons (Fsp3) is 1.00. The van der Waals surface area contributed by atoms with E-state index in [1.807, 2.05) is 7.05 Å². The summed E-state index contributed by atoms with van der Waals surface area (Å²) >= 11 is 2.09. The van der Waals surface area contributed by atoms with Crippen LogP contribution in [0.15, 0.2) is 0 Å². The maximum Gasteiger partial charge on any atom is 0.0218 e. The van der Waals surface area contributed by atoms with Crippen molar-refractivity contribution in [2.75, 3.05) is 32.1 Å². The molecule has 1 saturated heterocycles. The zero-order valence-corrected chi connectivity index (χ0v) is 9.86. The van der Waals surface area contributed by atoms with Crippen molar-refractivity contribution in [3.8, 4) is 0 Å². The molecule has 0 amide bonds. The lowest BCUT2D eigenvalue weighted by Gasteiger charge is -2.31. The van der Waals surface area contributed by atoms with Crippen molar-refractivity contribution in [1.29, 1.82) is 0 Å². The van der Waals surface area contributed by atoms with Gasteiger partial charge in [-0.15, -0.1) is 0 Å². The van der Waals surface area contributed by atoms with Gasteiger partial charge in [0.2, 0.25) is 0 Å². The Balaban J connectivity index is 2.37. The molecule has 0 spiro atoms. The standard InChI is InChI=1S/C10H22N2S/c1-4-9(7-11-2)12(3)10-5-6-13-8-10/h9-11H,4-8H2,1-3H3. The molecule has 3 heteroatoms. The van der Waals surface area contributed by atoms with Crippen LogP contribution in [0.1, 0.15) is 19.8 Å². The summed E-state index contributed by atoms with van der Waals surface area (Å²) in [7, 11) is 4.32. The van der Waals surface area contributed by atoms with Crippen LogP contribution in [0, 0.1) is 0 Å². The quantitative estimate of drug-likeness (QED) is 0.726. The van der Waals surface area contributed by atoms with Gasteiger partial charge in [-0.1, -0.05) is 6.92 Å². The molecule has 78 valence electrons. The molecule has 1 fully saturated rings. The zero-order valence-electron chi connectivity index (χ0n) is 9.05. The average Bonchev–Trinajstić information content (AvgIpc) is 2.65. The summed E-state index contributed by atoms with van der Waals surface area (Å²) in [5.74, 6) is 2.68. The van der Waals surface area contributed by atoms with E-state index in [1.54, 1.807) is 0 Å². The number of thioether (sulfide) groups is 1. The van der Waals surface area contributed by atoms with Crippen molar-refractivity contribution >= 4 is 11.8 Å². The second kappa shape index (κ2) is 5.89. The second-order valence-electron chi connectivity index (χ2n) is 3.80. The van der Waals surface area contributed by atoms with Crippen LogP contribution in [-0.4, -0.2) is 49.1 Å². The van der Waals surface area contributed by atoms with Gasteiger partial charge in [0.05, 0.1) is 0 Å². The van der Waals surface area contributed by atoms with Crippen molar-refractivity contribution in [1.82, 2.24) is 10.2 Å². The molecule has 1 aliphatic heterocycles. The first-order chi connectivity index (χ1) is 6.29. The molecule has 2 unspecified atom stereocenters. The average molecular weight is 202 g/mol. The van der Waals surface area contributed by atoms with Crippen molar-refractivity contribution in [3.63, 3.8) is 0 Å². The fourth-order valence-corrected chi connectivity index (χ4v) is 3.23. The molecule has 13 heavy (non-hydrogen) atoms. The van der Waals surface area contributed by atoms with E-state index in [0.717, 1.165) is 12.6 Å². The largest absolute Gasteiger partial charge is 0.318 e. The number of nitrogens with zero attached hydrogens (tertiary/aromatic N) is 1. The van der Waals surface area contributed by atoms with Crippen LogP contribution in [0.3, 0.4) is 0 Å². The predicted octanol–water partition coefficient (Wildman–Crippen LogP) is 1.42. The third kappa shape index (κ3) is 3.15. The molecule has 1 N–H and O–H groups in total. The van der Waals surface area contributed by atoms with E-state index in [4.69, 9.17) is 0 Å². The SMILES string of the molecule is CCC(CNC)N(C)C1CCSC1. The molecule has 0 radical (unpaired) electrons. The van der Waals surface area contributed by atoms with Crippen LogP contribution < -0.4 is 5.32 Å². The van der Waals surface area contributed by atoms with E-state index in [2.05, 4.69) is 35.9 Å². The minimum Gasteiger partial charge on any atom is -0.318 e. The third-order valence-corrected chi connectivity index (χ3v) is 4.11. The summed E-state index contributed by atoms with van der Waals surface area (Å²) in [6.45, 7) is 3.40. The monoisotopic (exact) mass is 202 g/mol. The van der Waals surface area contributed by atoms with Gasteiger partial charge < -0.3 is 5.32 Å². The Morgan fingerprint density at radius 2 is 2.38 bits per heavy atom. The molecule has 0 aromatic heterocycles. The van der Waals surface area contributed by atoms with E-state index >= 15 is 0 Å². The minimum absolute atomic E-state index is 0.716. The number of rotatable bonds is 5. The highest BCUT2D eigenvalue weighted by Crippen LogP contribution is 2.23. The van der Waals surface area contributed by atoms with Gasteiger partial charge in [0.25, 0.3) is 0 Å². The van der Waals surface area contributed by atoms with Gasteiger partial charge in [0, 0.05) is 24.4 Å². The van der Waals surface area contributed by atoms with Crippen LogP contribution in [0.5, 0.6) is 0 Å². The van der Waals surface area contributed by atoms with Crippen molar-refractivity contribution in [3.05, 3.63) is 0 Å². The molecule has 1 aliphatic rings. The first-order valence-corrected chi connectivity index (χ1v) is 6.39. The molecule has 0 aromatic rings. The van der Waals surface area contributed by atoms with E-state index in [-0.39, 0.29) is 0 Å². The van der Waals surface area contributed by atoms with Crippen LogP contribution in [0.2, 0.25) is 0 Å². The highest BCUT2D eigenvalue weighted by Gasteiger charge is 2.24. The number of hydrogen-bond acceptors (Lipinski definition) is 3. The third-order valence-electron chi connectivity index (χ3n) is 2.97. The van der Waals surface area contributed by atoms with Crippen LogP contribution in [0.25, 0.3) is 0 Å². The van der Waals surface area contributed by atoms with Gasteiger partial charge in [-0.2, -0.15) is 11.8 Å². The summed E-state index contributed by atoms with van der Waals surface area (Å²) in [6.07, 6.45) is 2.62. The first kappa shape index (κ1) is 11.3. The molecule has 0 bridgehead atoms. The van der Waals surface area contributed by atoms with Crippen molar-refractivity contribution in [2.45, 2.75) is 31.8 Å². The minimum atomic E-state index is 0.716. The van der Waals surface area contributed by atoms with Gasteiger partial charge in [-0.25, -0.2) is 0 Å². The predicted molar refractivity (Wildman–Crippen MR) is 61.5 cm³/mol. The molecule has 2 nitrogen and oxygen atoms in total. The second-order valence-corrected chi connectivity index (χ2v) is 4.95. The highest BCUT2D eigenvalue weighted by molar-refractivity contribution is 7.99. The van der Waals surface area contributed by atoms with Gasteiger partial charge in [-0.05, 0) is 32.7 Å². The normalized spacial score (nSPS) is 25.4. The van der Waals surface area contributed by atoms with E-state index in [0.29, 0.717) is 6.04 Å². The van der Waals surface area contributed by atoms with Gasteiger partial charge >= 0.3 is 0 Å². The van der Waals surface area contributed by atoms with Gasteiger partial charge in [0.1, 0.15) is 0 Å². The summed E-state index contributed by atoms with van der Waals surface area (Å²) in [4.78, 5) is 2.57. The zero-order chi connectivity index (χ0) is 9.68. The van der Waals surface area contributed by atoms with Crippen molar-refractivity contribution in [2.24, 2.45) is 0 Å². The molecular weight excluding hydrogens is 180 g/mol. The van der Waals surface area contributed by atoms with E-state index in [9.17, 15) is 0 Å². The number of hydrogen-bond donors (Lipinski definition) is 1. The van der Waals surface area contributed by atoms with Gasteiger partial charge in [0.15, 0.2) is 0 Å². The van der Waals surface area contributed by atoms with E-state index < -0.39 is 0 Å². The van der Waals surface area contributed by atoms with Gasteiger partial charge in [-0.3, -0.25) is 4.90 Å².